The van der Waals surface area contributed by atoms with Crippen LogP contribution in [0.4, 0.5) is 4.79 Å². The molecular weight excluding hydrogens is 306 g/mol. The summed E-state index contributed by atoms with van der Waals surface area (Å²) in [5.74, 6) is 0.394. The molecule has 0 radical (unpaired) electrons. The first-order valence-electron chi connectivity index (χ1n) is 8.15. The molecule has 0 saturated carbocycles. The molecule has 0 bridgehead atoms. The van der Waals surface area contributed by atoms with E-state index in [1.807, 2.05) is 51.1 Å². The van der Waals surface area contributed by atoms with Crippen molar-refractivity contribution in [1.82, 2.24) is 25.6 Å². The van der Waals surface area contributed by atoms with Crippen LogP contribution >= 0.6 is 0 Å². The molecule has 2 amide bonds. The Hall–Kier alpha value is -2.41. The highest BCUT2D eigenvalue weighted by Crippen LogP contribution is 2.12. The third-order valence-corrected chi connectivity index (χ3v) is 3.63. The number of para-hydroxylation sites is 1. The van der Waals surface area contributed by atoms with E-state index in [-0.39, 0.29) is 24.7 Å². The molecule has 3 N–H and O–H groups in total. The predicted octanol–water partition coefficient (Wildman–Crippen LogP) is 2.03. The molecule has 2 unspecified atom stereocenters. The third kappa shape index (κ3) is 5.06. The van der Waals surface area contributed by atoms with Gasteiger partial charge < -0.3 is 15.7 Å². The maximum atomic E-state index is 12.1. The number of rotatable bonds is 7. The fourth-order valence-corrected chi connectivity index (χ4v) is 2.43. The van der Waals surface area contributed by atoms with Crippen molar-refractivity contribution >= 4 is 6.03 Å². The van der Waals surface area contributed by atoms with Crippen LogP contribution in [0.5, 0.6) is 0 Å². The van der Waals surface area contributed by atoms with Crippen molar-refractivity contribution < 1.29 is 9.90 Å². The standard InChI is InChI=1S/C17H25N5O2/c1-12(2)9-14(11-23)19-17(24)18-13(3)16-10-22(21-20-16)15-7-5-4-6-8-15/h4-8,10,12-14,23H,9,11H2,1-3H3,(H2,18,19,24). The first-order valence-corrected chi connectivity index (χ1v) is 8.15. The summed E-state index contributed by atoms with van der Waals surface area (Å²) in [6.07, 6.45) is 2.51. The highest BCUT2D eigenvalue weighted by atomic mass is 16.3. The normalized spacial score (nSPS) is 13.5. The van der Waals surface area contributed by atoms with E-state index >= 15 is 0 Å². The highest BCUT2D eigenvalue weighted by molar-refractivity contribution is 5.74. The van der Waals surface area contributed by atoms with Gasteiger partial charge in [0.05, 0.1) is 30.6 Å². The lowest BCUT2D eigenvalue weighted by Gasteiger charge is -2.20. The Labute approximate surface area is 142 Å². The second-order valence-corrected chi connectivity index (χ2v) is 6.27. The summed E-state index contributed by atoms with van der Waals surface area (Å²) < 4.78 is 1.67. The number of hydrogen-bond donors (Lipinski definition) is 3. The Balaban J connectivity index is 1.93. The van der Waals surface area contributed by atoms with E-state index in [0.29, 0.717) is 11.6 Å². The van der Waals surface area contributed by atoms with E-state index in [1.165, 1.54) is 0 Å². The molecule has 7 nitrogen and oxygen atoms in total. The van der Waals surface area contributed by atoms with E-state index in [2.05, 4.69) is 20.9 Å². The Morgan fingerprint density at radius 1 is 1.21 bits per heavy atom. The molecule has 0 aliphatic carbocycles. The van der Waals surface area contributed by atoms with E-state index in [1.54, 1.807) is 10.9 Å². The summed E-state index contributed by atoms with van der Waals surface area (Å²) in [7, 11) is 0. The fourth-order valence-electron chi connectivity index (χ4n) is 2.43. The summed E-state index contributed by atoms with van der Waals surface area (Å²) in [6, 6.07) is 8.78. The van der Waals surface area contributed by atoms with Gasteiger partial charge in [0.2, 0.25) is 0 Å². The summed E-state index contributed by atoms with van der Waals surface area (Å²) in [5, 5.41) is 23.1. The van der Waals surface area contributed by atoms with E-state index in [4.69, 9.17) is 0 Å². The Bertz CT molecular complexity index is 641. The molecule has 0 aliphatic rings. The number of carbonyl (C=O) groups is 1. The van der Waals surface area contributed by atoms with Crippen LogP contribution in [0, 0.1) is 5.92 Å². The van der Waals surface area contributed by atoms with Crippen molar-refractivity contribution in [2.75, 3.05) is 6.61 Å². The lowest BCUT2D eigenvalue weighted by Crippen LogP contribution is -2.45. The number of nitrogens with zero attached hydrogens (tertiary/aromatic N) is 3. The van der Waals surface area contributed by atoms with Crippen LogP contribution in [0.1, 0.15) is 38.9 Å². The number of amides is 2. The zero-order chi connectivity index (χ0) is 17.5. The quantitative estimate of drug-likeness (QED) is 0.724. The maximum Gasteiger partial charge on any atom is 0.315 e. The molecule has 0 aliphatic heterocycles. The number of aromatic nitrogens is 3. The van der Waals surface area contributed by atoms with Crippen LogP contribution < -0.4 is 10.6 Å². The van der Waals surface area contributed by atoms with Crippen molar-refractivity contribution in [1.29, 1.82) is 0 Å². The average molecular weight is 331 g/mol. The molecule has 0 spiro atoms. The van der Waals surface area contributed by atoms with Crippen molar-refractivity contribution in [3.63, 3.8) is 0 Å². The number of benzene rings is 1. The smallest absolute Gasteiger partial charge is 0.315 e. The first-order chi connectivity index (χ1) is 11.5. The van der Waals surface area contributed by atoms with E-state index < -0.39 is 0 Å². The molecule has 24 heavy (non-hydrogen) atoms. The fraction of sp³-hybridized carbons (Fsp3) is 0.471. The van der Waals surface area contributed by atoms with Crippen LogP contribution in [0.15, 0.2) is 36.5 Å². The molecule has 2 aromatic rings. The van der Waals surface area contributed by atoms with Gasteiger partial charge in [0.25, 0.3) is 0 Å². The van der Waals surface area contributed by atoms with Crippen molar-refractivity contribution in [3.05, 3.63) is 42.2 Å². The number of urea groups is 1. The second kappa shape index (κ2) is 8.44. The molecule has 1 heterocycles. The van der Waals surface area contributed by atoms with Crippen LogP contribution in [0.25, 0.3) is 5.69 Å². The van der Waals surface area contributed by atoms with Gasteiger partial charge in [-0.05, 0) is 31.4 Å². The van der Waals surface area contributed by atoms with Gasteiger partial charge in [0, 0.05) is 0 Å². The minimum Gasteiger partial charge on any atom is -0.394 e. The Morgan fingerprint density at radius 3 is 2.54 bits per heavy atom. The third-order valence-electron chi connectivity index (χ3n) is 3.63. The van der Waals surface area contributed by atoms with Crippen molar-refractivity contribution in [3.8, 4) is 5.69 Å². The number of hydrogen-bond acceptors (Lipinski definition) is 4. The molecule has 7 heteroatoms. The molecule has 0 fully saturated rings. The minimum absolute atomic E-state index is 0.0792. The van der Waals surface area contributed by atoms with Gasteiger partial charge in [-0.1, -0.05) is 37.3 Å². The van der Waals surface area contributed by atoms with Gasteiger partial charge >= 0.3 is 6.03 Å². The lowest BCUT2D eigenvalue weighted by atomic mass is 10.0. The number of aliphatic hydroxyl groups excluding tert-OH is 1. The lowest BCUT2D eigenvalue weighted by molar-refractivity contribution is 0.205. The summed E-state index contributed by atoms with van der Waals surface area (Å²) >= 11 is 0. The highest BCUT2D eigenvalue weighted by Gasteiger charge is 2.17. The van der Waals surface area contributed by atoms with E-state index in [0.717, 1.165) is 12.1 Å². The van der Waals surface area contributed by atoms with Gasteiger partial charge in [-0.2, -0.15) is 0 Å². The summed E-state index contributed by atoms with van der Waals surface area (Å²) in [4.78, 5) is 12.1. The number of aliphatic hydroxyl groups is 1. The van der Waals surface area contributed by atoms with Crippen molar-refractivity contribution in [2.24, 2.45) is 5.92 Å². The number of nitrogens with one attached hydrogen (secondary N) is 2. The largest absolute Gasteiger partial charge is 0.394 e. The summed E-state index contributed by atoms with van der Waals surface area (Å²) in [6.45, 7) is 5.86. The van der Waals surface area contributed by atoms with E-state index in [9.17, 15) is 9.90 Å². The molecular formula is C17H25N5O2. The maximum absolute atomic E-state index is 12.1. The van der Waals surface area contributed by atoms with Crippen LogP contribution in [-0.4, -0.2) is 38.8 Å². The van der Waals surface area contributed by atoms with Gasteiger partial charge in [-0.25, -0.2) is 9.48 Å². The summed E-state index contributed by atoms with van der Waals surface area (Å²) in [5.41, 5.74) is 1.57. The zero-order valence-electron chi connectivity index (χ0n) is 14.3. The van der Waals surface area contributed by atoms with Gasteiger partial charge in [-0.3, -0.25) is 0 Å². The van der Waals surface area contributed by atoms with Crippen LogP contribution in [0.3, 0.4) is 0 Å². The first kappa shape index (κ1) is 17.9. The SMILES string of the molecule is CC(C)CC(CO)NC(=O)NC(C)c1cn(-c2ccccc2)nn1. The van der Waals surface area contributed by atoms with Crippen LogP contribution in [0.2, 0.25) is 0 Å². The molecule has 1 aromatic carbocycles. The minimum atomic E-state index is -0.323. The van der Waals surface area contributed by atoms with Gasteiger partial charge in [0.1, 0.15) is 5.69 Å². The van der Waals surface area contributed by atoms with Gasteiger partial charge in [-0.15, -0.1) is 5.10 Å². The molecule has 2 rings (SSSR count). The number of carbonyl (C=O) groups excluding carboxylic acids is 1. The molecule has 2 atom stereocenters. The second-order valence-electron chi connectivity index (χ2n) is 6.27. The topological polar surface area (TPSA) is 92.1 Å². The molecule has 130 valence electrons. The average Bonchev–Trinajstić information content (AvgIpc) is 3.04. The van der Waals surface area contributed by atoms with Gasteiger partial charge in [0.15, 0.2) is 0 Å². The van der Waals surface area contributed by atoms with Crippen LogP contribution in [-0.2, 0) is 0 Å². The zero-order valence-corrected chi connectivity index (χ0v) is 14.3. The Kier molecular flexibility index (Phi) is 6.31. The molecule has 1 aromatic heterocycles. The van der Waals surface area contributed by atoms with Crippen molar-refractivity contribution in [2.45, 2.75) is 39.3 Å². The Morgan fingerprint density at radius 2 is 1.92 bits per heavy atom. The monoisotopic (exact) mass is 331 g/mol. The predicted molar refractivity (Wildman–Crippen MR) is 91.8 cm³/mol. The molecule has 0 saturated heterocycles.